The number of aryl methyl sites for hydroxylation is 1. The Hall–Kier alpha value is -1.61. The summed E-state index contributed by atoms with van der Waals surface area (Å²) in [5.74, 6) is 0. The van der Waals surface area contributed by atoms with E-state index in [9.17, 15) is 16.8 Å². The summed E-state index contributed by atoms with van der Waals surface area (Å²) in [5.41, 5.74) is 1.09. The summed E-state index contributed by atoms with van der Waals surface area (Å²) in [6.07, 6.45) is 2.60. The Labute approximate surface area is 165 Å². The van der Waals surface area contributed by atoms with Crippen LogP contribution in [-0.2, 0) is 20.0 Å². The number of hydrogen-bond acceptors (Lipinski definition) is 4. The molecule has 0 saturated carbocycles. The van der Waals surface area contributed by atoms with Gasteiger partial charge in [0, 0.05) is 13.1 Å². The van der Waals surface area contributed by atoms with E-state index in [1.807, 2.05) is 6.92 Å². The molecule has 0 atom stereocenters. The SMILES string of the molecule is Cc1ccc(S(=O)(=O)Nc2ccc(Cl)c(S(=O)(=O)N3CCCCC3)c2)cc1. The number of rotatable bonds is 5. The first-order chi connectivity index (χ1) is 12.7. The van der Waals surface area contributed by atoms with Crippen molar-refractivity contribution in [2.45, 2.75) is 36.0 Å². The summed E-state index contributed by atoms with van der Waals surface area (Å²) in [7, 11) is -7.61. The highest BCUT2D eigenvalue weighted by Crippen LogP contribution is 2.30. The summed E-state index contributed by atoms with van der Waals surface area (Å²) in [4.78, 5) is 0.0126. The molecule has 1 fully saturated rings. The molecule has 6 nitrogen and oxygen atoms in total. The first kappa shape index (κ1) is 20.1. The third-order valence-corrected chi connectivity index (χ3v) is 8.22. The maximum absolute atomic E-state index is 12.9. The topological polar surface area (TPSA) is 83.5 Å². The van der Waals surface area contributed by atoms with Crippen LogP contribution in [-0.4, -0.2) is 34.2 Å². The molecule has 9 heteroatoms. The second kappa shape index (κ2) is 7.79. The Bertz CT molecular complexity index is 1030. The minimum absolute atomic E-state index is 0.0684. The summed E-state index contributed by atoms with van der Waals surface area (Å²) in [5, 5.41) is 0.0684. The van der Waals surface area contributed by atoms with Gasteiger partial charge in [-0.25, -0.2) is 16.8 Å². The van der Waals surface area contributed by atoms with Gasteiger partial charge < -0.3 is 0 Å². The zero-order valence-corrected chi connectivity index (χ0v) is 17.2. The maximum Gasteiger partial charge on any atom is 0.261 e. The second-order valence-corrected chi connectivity index (χ2v) is 10.5. The number of piperidine rings is 1. The Kier molecular flexibility index (Phi) is 5.81. The fourth-order valence-electron chi connectivity index (χ4n) is 2.94. The Balaban J connectivity index is 1.92. The van der Waals surface area contributed by atoms with Crippen LogP contribution in [0.3, 0.4) is 0 Å². The van der Waals surface area contributed by atoms with Crippen molar-refractivity contribution in [2.75, 3.05) is 17.8 Å². The van der Waals surface area contributed by atoms with Gasteiger partial charge in [-0.3, -0.25) is 4.72 Å². The van der Waals surface area contributed by atoms with Crippen LogP contribution in [0.1, 0.15) is 24.8 Å². The van der Waals surface area contributed by atoms with Crippen LogP contribution < -0.4 is 4.72 Å². The molecule has 2 aromatic carbocycles. The van der Waals surface area contributed by atoms with E-state index in [0.717, 1.165) is 24.8 Å². The van der Waals surface area contributed by atoms with Crippen LogP contribution in [0, 0.1) is 6.92 Å². The Morgan fingerprint density at radius 2 is 1.56 bits per heavy atom. The van der Waals surface area contributed by atoms with Crippen molar-refractivity contribution < 1.29 is 16.8 Å². The molecule has 1 N–H and O–H groups in total. The molecule has 1 saturated heterocycles. The van der Waals surface area contributed by atoms with Crippen molar-refractivity contribution in [3.63, 3.8) is 0 Å². The average Bonchev–Trinajstić information content (AvgIpc) is 2.64. The molecule has 1 aliphatic rings. The monoisotopic (exact) mass is 428 g/mol. The highest BCUT2D eigenvalue weighted by molar-refractivity contribution is 7.92. The number of sulfonamides is 2. The smallest absolute Gasteiger partial charge is 0.261 e. The highest BCUT2D eigenvalue weighted by Gasteiger charge is 2.28. The molecule has 0 aromatic heterocycles. The van der Waals surface area contributed by atoms with Crippen LogP contribution in [0.5, 0.6) is 0 Å². The lowest BCUT2D eigenvalue weighted by Crippen LogP contribution is -2.35. The van der Waals surface area contributed by atoms with Gasteiger partial charge in [0.1, 0.15) is 4.90 Å². The minimum atomic E-state index is -3.83. The van der Waals surface area contributed by atoms with E-state index in [1.165, 1.54) is 34.6 Å². The van der Waals surface area contributed by atoms with E-state index >= 15 is 0 Å². The van der Waals surface area contributed by atoms with Gasteiger partial charge in [-0.2, -0.15) is 4.31 Å². The van der Waals surface area contributed by atoms with Gasteiger partial charge in [-0.1, -0.05) is 35.7 Å². The van der Waals surface area contributed by atoms with Gasteiger partial charge in [0.2, 0.25) is 10.0 Å². The van der Waals surface area contributed by atoms with Crippen LogP contribution in [0.25, 0.3) is 0 Å². The summed E-state index contributed by atoms with van der Waals surface area (Å²) < 4.78 is 54.7. The molecule has 0 spiro atoms. The third kappa shape index (κ3) is 4.45. The first-order valence-corrected chi connectivity index (χ1v) is 11.9. The van der Waals surface area contributed by atoms with Crippen molar-refractivity contribution >= 4 is 37.3 Å². The van der Waals surface area contributed by atoms with Crippen molar-refractivity contribution in [3.8, 4) is 0 Å². The van der Waals surface area contributed by atoms with E-state index in [-0.39, 0.29) is 20.5 Å². The summed E-state index contributed by atoms with van der Waals surface area (Å²) >= 11 is 6.12. The lowest BCUT2D eigenvalue weighted by Gasteiger charge is -2.26. The molecular formula is C18H21ClN2O4S2. The van der Waals surface area contributed by atoms with E-state index in [0.29, 0.717) is 13.1 Å². The van der Waals surface area contributed by atoms with Crippen molar-refractivity contribution in [1.29, 1.82) is 0 Å². The van der Waals surface area contributed by atoms with Gasteiger partial charge in [0.05, 0.1) is 15.6 Å². The molecule has 3 rings (SSSR count). The lowest BCUT2D eigenvalue weighted by atomic mass is 10.2. The van der Waals surface area contributed by atoms with Crippen molar-refractivity contribution in [3.05, 3.63) is 53.1 Å². The van der Waals surface area contributed by atoms with Gasteiger partial charge in [0.15, 0.2) is 0 Å². The predicted octanol–water partition coefficient (Wildman–Crippen LogP) is 3.62. The Morgan fingerprint density at radius 1 is 0.926 bits per heavy atom. The summed E-state index contributed by atoms with van der Waals surface area (Å²) in [6, 6.07) is 10.5. The zero-order valence-electron chi connectivity index (χ0n) is 14.9. The quantitative estimate of drug-likeness (QED) is 0.788. The number of nitrogens with one attached hydrogen (secondary N) is 1. The largest absolute Gasteiger partial charge is 0.280 e. The fraction of sp³-hybridized carbons (Fsp3) is 0.333. The van der Waals surface area contributed by atoms with E-state index in [2.05, 4.69) is 4.72 Å². The normalized spacial score (nSPS) is 16.2. The van der Waals surface area contributed by atoms with Crippen molar-refractivity contribution in [2.24, 2.45) is 0 Å². The number of hydrogen-bond donors (Lipinski definition) is 1. The summed E-state index contributed by atoms with van der Waals surface area (Å²) in [6.45, 7) is 2.75. The minimum Gasteiger partial charge on any atom is -0.280 e. The first-order valence-electron chi connectivity index (χ1n) is 8.59. The van der Waals surface area contributed by atoms with Gasteiger partial charge >= 0.3 is 0 Å². The molecule has 2 aromatic rings. The number of anilines is 1. The van der Waals surface area contributed by atoms with Crippen molar-refractivity contribution in [1.82, 2.24) is 4.31 Å². The second-order valence-electron chi connectivity index (χ2n) is 6.53. The van der Waals surface area contributed by atoms with Gasteiger partial charge in [-0.05, 0) is 50.1 Å². The molecule has 0 bridgehead atoms. The molecule has 1 aliphatic heterocycles. The highest BCUT2D eigenvalue weighted by atomic mass is 35.5. The number of benzene rings is 2. The van der Waals surface area contributed by atoms with E-state index < -0.39 is 20.0 Å². The Morgan fingerprint density at radius 3 is 2.19 bits per heavy atom. The number of halogens is 1. The van der Waals surface area contributed by atoms with Crippen LogP contribution in [0.4, 0.5) is 5.69 Å². The molecule has 0 radical (unpaired) electrons. The van der Waals surface area contributed by atoms with Gasteiger partial charge in [0.25, 0.3) is 10.0 Å². The molecular weight excluding hydrogens is 408 g/mol. The lowest BCUT2D eigenvalue weighted by molar-refractivity contribution is 0.346. The molecule has 0 aliphatic carbocycles. The number of nitrogens with zero attached hydrogens (tertiary/aromatic N) is 1. The molecule has 146 valence electrons. The fourth-order valence-corrected chi connectivity index (χ4v) is 6.01. The van der Waals surface area contributed by atoms with Crippen LogP contribution in [0.15, 0.2) is 52.3 Å². The molecule has 0 unspecified atom stereocenters. The maximum atomic E-state index is 12.9. The third-order valence-electron chi connectivity index (χ3n) is 4.45. The van der Waals surface area contributed by atoms with Crippen LogP contribution >= 0.6 is 11.6 Å². The van der Waals surface area contributed by atoms with Crippen LogP contribution in [0.2, 0.25) is 5.02 Å². The van der Waals surface area contributed by atoms with E-state index in [1.54, 1.807) is 12.1 Å². The average molecular weight is 429 g/mol. The predicted molar refractivity (Wildman–Crippen MR) is 106 cm³/mol. The molecule has 1 heterocycles. The zero-order chi connectivity index (χ0) is 19.7. The molecule has 27 heavy (non-hydrogen) atoms. The standard InChI is InChI=1S/C18H21ClN2O4S2/c1-14-5-8-16(9-6-14)26(22,23)20-15-7-10-17(19)18(13-15)27(24,25)21-11-3-2-4-12-21/h5-10,13,20H,2-4,11-12H2,1H3. The van der Waals surface area contributed by atoms with Gasteiger partial charge in [-0.15, -0.1) is 0 Å². The van der Waals surface area contributed by atoms with E-state index in [4.69, 9.17) is 11.6 Å². The molecule has 0 amide bonds.